The van der Waals surface area contributed by atoms with E-state index in [1.165, 1.54) is 7.05 Å². The Hall–Kier alpha value is -0.235. The molecule has 6 heavy (non-hydrogen) atoms. The fourth-order valence-electron chi connectivity index (χ4n) is 0. The number of hydrogen-bond acceptors (Lipinski definition) is 1. The van der Waals surface area contributed by atoms with E-state index < -0.39 is 0 Å². The van der Waals surface area contributed by atoms with Crippen LogP contribution in [0.15, 0.2) is 12.7 Å². The van der Waals surface area contributed by atoms with Gasteiger partial charge in [-0.15, -0.1) is 6.58 Å². The van der Waals surface area contributed by atoms with Crippen molar-refractivity contribution in [1.82, 2.24) is 0 Å². The summed E-state index contributed by atoms with van der Waals surface area (Å²) in [6.45, 7) is 5.25. The Kier molecular flexibility index (Phi) is 329. The minimum Gasteiger partial charge on any atom is -0.333 e. The number of hydrogen-bond donors (Lipinski definition) is 1. The zero-order valence-corrected chi connectivity index (χ0v) is 4.44. The van der Waals surface area contributed by atoms with Gasteiger partial charge in [0.1, 0.15) is 0 Å². The number of allylic oxidation sites excluding steroid dienone is 1. The first-order valence-corrected chi connectivity index (χ1v) is 1.56. The van der Waals surface area contributed by atoms with Gasteiger partial charge >= 0.3 is 0 Å². The molecule has 35 valence electrons. The van der Waals surface area contributed by atoms with Crippen molar-refractivity contribution in [2.24, 2.45) is 5.73 Å². The molecule has 0 heterocycles. The van der Waals surface area contributed by atoms with Gasteiger partial charge in [0.2, 0.25) is 0 Å². The topological polar surface area (TPSA) is 26.0 Å². The van der Waals surface area contributed by atoms with Gasteiger partial charge < -0.3 is 5.73 Å². The highest BCUT2D eigenvalue weighted by atomic mass is 14.4. The molecule has 0 aromatic heterocycles. The predicted molar refractivity (Wildman–Crippen MR) is 31.7 cm³/mol. The van der Waals surface area contributed by atoms with Crippen molar-refractivity contribution in [3.8, 4) is 0 Å². The molecule has 0 aromatic carbocycles. The summed E-state index contributed by atoms with van der Waals surface area (Å²) in [7, 11) is 1.50. The maximum atomic E-state index is 4.50. The number of rotatable bonds is 0. The average Bonchev–Trinajstić information content (AvgIpc) is 1.46. The first-order valence-electron chi connectivity index (χ1n) is 1.56. The SMILES string of the molecule is C=CC.CN.[B]. The Morgan fingerprint density at radius 3 is 1.50 bits per heavy atom. The summed E-state index contributed by atoms with van der Waals surface area (Å²) in [6, 6.07) is 0. The van der Waals surface area contributed by atoms with E-state index in [9.17, 15) is 0 Å². The second-order valence-corrected chi connectivity index (χ2v) is 0.408. The van der Waals surface area contributed by atoms with E-state index in [4.69, 9.17) is 0 Å². The van der Waals surface area contributed by atoms with Gasteiger partial charge in [-0.3, -0.25) is 0 Å². The van der Waals surface area contributed by atoms with Gasteiger partial charge in [0.15, 0.2) is 0 Å². The first-order chi connectivity index (χ1) is 2.41. The molecule has 0 aliphatic carbocycles. The average molecular weight is 84.0 g/mol. The molecular weight excluding hydrogens is 72.9 g/mol. The zero-order valence-electron chi connectivity index (χ0n) is 4.44. The highest BCUT2D eigenvalue weighted by Crippen LogP contribution is 1.38. The third-order valence-electron chi connectivity index (χ3n) is 0. The molecule has 0 atom stereocenters. The third-order valence-corrected chi connectivity index (χ3v) is 0. The molecule has 0 bridgehead atoms. The summed E-state index contributed by atoms with van der Waals surface area (Å²) in [5.41, 5.74) is 4.50. The molecule has 0 saturated carbocycles. The molecule has 3 radical (unpaired) electrons. The molecule has 0 aromatic rings. The largest absolute Gasteiger partial charge is 0.333 e. The summed E-state index contributed by atoms with van der Waals surface area (Å²) in [6.07, 6.45) is 1.75. The van der Waals surface area contributed by atoms with E-state index in [1.807, 2.05) is 6.92 Å². The minimum absolute atomic E-state index is 0. The molecule has 0 aliphatic rings. The lowest BCUT2D eigenvalue weighted by molar-refractivity contribution is 1.48. The van der Waals surface area contributed by atoms with Crippen LogP contribution in [0.4, 0.5) is 0 Å². The Balaban J connectivity index is -0.0000000275. The van der Waals surface area contributed by atoms with Gasteiger partial charge in [0.25, 0.3) is 0 Å². The van der Waals surface area contributed by atoms with Crippen LogP contribution in [0.2, 0.25) is 0 Å². The lowest BCUT2D eigenvalue weighted by Crippen LogP contribution is -1.69. The van der Waals surface area contributed by atoms with E-state index in [0.29, 0.717) is 0 Å². The Labute approximate surface area is 41.8 Å². The van der Waals surface area contributed by atoms with Gasteiger partial charge in [-0.25, -0.2) is 0 Å². The van der Waals surface area contributed by atoms with Crippen molar-refractivity contribution in [1.29, 1.82) is 0 Å². The third kappa shape index (κ3) is 521. The molecule has 0 spiro atoms. The summed E-state index contributed by atoms with van der Waals surface area (Å²) in [5, 5.41) is 0. The molecular formula is C4H11BN. The molecule has 0 rings (SSSR count). The van der Waals surface area contributed by atoms with E-state index >= 15 is 0 Å². The van der Waals surface area contributed by atoms with Crippen molar-refractivity contribution >= 4 is 8.41 Å². The van der Waals surface area contributed by atoms with Crippen molar-refractivity contribution < 1.29 is 0 Å². The van der Waals surface area contributed by atoms with Gasteiger partial charge in [-0.1, -0.05) is 6.08 Å². The van der Waals surface area contributed by atoms with Crippen LogP contribution in [-0.2, 0) is 0 Å². The number of nitrogens with two attached hydrogens (primary N) is 1. The standard InChI is InChI=1S/C3H6.CH5N.B/c1-3-2;1-2;/h3H,1H2,2H3;2H2,1H3;. The summed E-state index contributed by atoms with van der Waals surface area (Å²) >= 11 is 0. The van der Waals surface area contributed by atoms with Crippen LogP contribution in [0.5, 0.6) is 0 Å². The lowest BCUT2D eigenvalue weighted by Gasteiger charge is -1.31. The van der Waals surface area contributed by atoms with E-state index in [2.05, 4.69) is 12.3 Å². The Morgan fingerprint density at radius 1 is 1.50 bits per heavy atom. The second kappa shape index (κ2) is 115. The lowest BCUT2D eigenvalue weighted by atomic mass is 10.8. The van der Waals surface area contributed by atoms with Crippen LogP contribution in [0.1, 0.15) is 6.92 Å². The van der Waals surface area contributed by atoms with E-state index in [-0.39, 0.29) is 8.41 Å². The fourth-order valence-corrected chi connectivity index (χ4v) is 0. The van der Waals surface area contributed by atoms with Gasteiger partial charge in [-0.2, -0.15) is 0 Å². The smallest absolute Gasteiger partial charge is 0 e. The summed E-state index contributed by atoms with van der Waals surface area (Å²) in [4.78, 5) is 0. The van der Waals surface area contributed by atoms with Crippen LogP contribution in [0.3, 0.4) is 0 Å². The van der Waals surface area contributed by atoms with Crippen molar-refractivity contribution in [2.75, 3.05) is 7.05 Å². The zero-order chi connectivity index (χ0) is 4.71. The molecule has 1 nitrogen and oxygen atoms in total. The molecule has 0 amide bonds. The Bertz CT molecular complexity index is 15.0. The van der Waals surface area contributed by atoms with E-state index in [0.717, 1.165) is 0 Å². The highest BCUT2D eigenvalue weighted by Gasteiger charge is 1.15. The van der Waals surface area contributed by atoms with Gasteiger partial charge in [-0.05, 0) is 14.0 Å². The van der Waals surface area contributed by atoms with Crippen LogP contribution >= 0.6 is 0 Å². The van der Waals surface area contributed by atoms with Crippen LogP contribution in [-0.4, -0.2) is 15.5 Å². The molecule has 0 saturated heterocycles. The van der Waals surface area contributed by atoms with E-state index in [1.54, 1.807) is 6.08 Å². The van der Waals surface area contributed by atoms with Gasteiger partial charge in [0.05, 0.1) is 0 Å². The summed E-state index contributed by atoms with van der Waals surface area (Å²) in [5.74, 6) is 0. The predicted octanol–water partition coefficient (Wildman–Crippen LogP) is 0.386. The molecule has 0 fully saturated rings. The van der Waals surface area contributed by atoms with Gasteiger partial charge in [0, 0.05) is 8.41 Å². The minimum atomic E-state index is 0. The maximum Gasteiger partial charge on any atom is 0 e. The van der Waals surface area contributed by atoms with Crippen molar-refractivity contribution in [3.63, 3.8) is 0 Å². The molecule has 2 heteroatoms. The Morgan fingerprint density at radius 2 is 1.50 bits per heavy atom. The molecule has 2 N–H and O–H groups in total. The van der Waals surface area contributed by atoms with Crippen molar-refractivity contribution in [2.45, 2.75) is 6.92 Å². The van der Waals surface area contributed by atoms with Crippen LogP contribution in [0, 0.1) is 0 Å². The first kappa shape index (κ1) is 17.1. The summed E-state index contributed by atoms with van der Waals surface area (Å²) < 4.78 is 0. The molecule has 0 aliphatic heterocycles. The molecule has 0 unspecified atom stereocenters. The van der Waals surface area contributed by atoms with Crippen LogP contribution < -0.4 is 5.73 Å². The fraction of sp³-hybridized carbons (Fsp3) is 0.500. The highest BCUT2D eigenvalue weighted by molar-refractivity contribution is 5.75. The van der Waals surface area contributed by atoms with Crippen molar-refractivity contribution in [3.05, 3.63) is 12.7 Å². The normalized spacial score (nSPS) is 3.17. The second-order valence-electron chi connectivity index (χ2n) is 0.408. The quantitative estimate of drug-likeness (QED) is 0.333. The maximum absolute atomic E-state index is 4.50. The monoisotopic (exact) mass is 84.1 g/mol. The van der Waals surface area contributed by atoms with Crippen LogP contribution in [0.25, 0.3) is 0 Å².